The second-order valence-electron chi connectivity index (χ2n) is 3.35. The fourth-order valence-corrected chi connectivity index (χ4v) is 1.74. The number of hydrogen-bond acceptors (Lipinski definition) is 2. The SMILES string of the molecule is Cn1nccc1-c1ccc(Cl)c(CN)c1. The summed E-state index contributed by atoms with van der Waals surface area (Å²) in [5, 5.41) is 4.83. The molecule has 0 atom stereocenters. The van der Waals surface area contributed by atoms with Gasteiger partial charge in [-0.3, -0.25) is 4.68 Å². The van der Waals surface area contributed by atoms with Crippen molar-refractivity contribution in [1.29, 1.82) is 0 Å². The van der Waals surface area contributed by atoms with E-state index in [-0.39, 0.29) is 0 Å². The second-order valence-corrected chi connectivity index (χ2v) is 3.76. The maximum absolute atomic E-state index is 6.00. The minimum absolute atomic E-state index is 0.449. The van der Waals surface area contributed by atoms with Gasteiger partial charge in [0.1, 0.15) is 0 Å². The zero-order valence-electron chi connectivity index (χ0n) is 8.44. The van der Waals surface area contributed by atoms with Gasteiger partial charge >= 0.3 is 0 Å². The van der Waals surface area contributed by atoms with Crippen molar-refractivity contribution in [2.24, 2.45) is 12.8 Å². The minimum atomic E-state index is 0.449. The Balaban J connectivity index is 2.51. The van der Waals surface area contributed by atoms with Gasteiger partial charge in [-0.15, -0.1) is 0 Å². The molecule has 0 radical (unpaired) electrons. The summed E-state index contributed by atoms with van der Waals surface area (Å²) in [6, 6.07) is 7.80. The van der Waals surface area contributed by atoms with E-state index in [4.69, 9.17) is 17.3 Å². The van der Waals surface area contributed by atoms with E-state index in [9.17, 15) is 0 Å². The highest BCUT2D eigenvalue weighted by atomic mass is 35.5. The Hall–Kier alpha value is -1.32. The van der Waals surface area contributed by atoms with Gasteiger partial charge in [0.05, 0.1) is 5.69 Å². The molecule has 0 amide bonds. The molecule has 78 valence electrons. The molecular formula is C11H12ClN3. The predicted molar refractivity (Wildman–Crippen MR) is 61.5 cm³/mol. The van der Waals surface area contributed by atoms with Crippen molar-refractivity contribution in [2.45, 2.75) is 6.54 Å². The van der Waals surface area contributed by atoms with Crippen molar-refractivity contribution < 1.29 is 0 Å². The number of benzene rings is 1. The quantitative estimate of drug-likeness (QED) is 0.845. The molecular weight excluding hydrogens is 210 g/mol. The Morgan fingerprint density at radius 1 is 1.40 bits per heavy atom. The monoisotopic (exact) mass is 221 g/mol. The Morgan fingerprint density at radius 3 is 2.80 bits per heavy atom. The Morgan fingerprint density at radius 2 is 2.20 bits per heavy atom. The number of nitrogens with zero attached hydrogens (tertiary/aromatic N) is 2. The van der Waals surface area contributed by atoms with E-state index in [1.807, 2.05) is 36.0 Å². The van der Waals surface area contributed by atoms with E-state index >= 15 is 0 Å². The molecule has 0 saturated heterocycles. The third-order valence-corrected chi connectivity index (χ3v) is 2.75. The summed E-state index contributed by atoms with van der Waals surface area (Å²) in [6.07, 6.45) is 1.77. The summed E-state index contributed by atoms with van der Waals surface area (Å²) in [5.41, 5.74) is 8.70. The van der Waals surface area contributed by atoms with Crippen molar-refractivity contribution >= 4 is 11.6 Å². The van der Waals surface area contributed by atoms with E-state index in [0.29, 0.717) is 11.6 Å². The summed E-state index contributed by atoms with van der Waals surface area (Å²) in [6.45, 7) is 0.449. The van der Waals surface area contributed by atoms with Crippen LogP contribution in [0.3, 0.4) is 0 Å². The van der Waals surface area contributed by atoms with Gasteiger partial charge in [-0.05, 0) is 23.8 Å². The van der Waals surface area contributed by atoms with Crippen molar-refractivity contribution in [3.63, 3.8) is 0 Å². The third kappa shape index (κ3) is 1.89. The van der Waals surface area contributed by atoms with Crippen LogP contribution < -0.4 is 5.73 Å². The fraction of sp³-hybridized carbons (Fsp3) is 0.182. The van der Waals surface area contributed by atoms with E-state index in [0.717, 1.165) is 16.8 Å². The lowest BCUT2D eigenvalue weighted by Crippen LogP contribution is -1.99. The van der Waals surface area contributed by atoms with Gasteiger partial charge in [0.25, 0.3) is 0 Å². The number of hydrogen-bond donors (Lipinski definition) is 1. The van der Waals surface area contributed by atoms with Crippen molar-refractivity contribution in [1.82, 2.24) is 9.78 Å². The normalized spacial score (nSPS) is 10.6. The van der Waals surface area contributed by atoms with E-state index < -0.39 is 0 Å². The number of rotatable bonds is 2. The van der Waals surface area contributed by atoms with Crippen LogP contribution in [-0.4, -0.2) is 9.78 Å². The molecule has 4 heteroatoms. The number of nitrogens with two attached hydrogens (primary N) is 1. The van der Waals surface area contributed by atoms with Crippen LogP contribution in [0.15, 0.2) is 30.5 Å². The molecule has 0 bridgehead atoms. The van der Waals surface area contributed by atoms with Crippen LogP contribution >= 0.6 is 11.6 Å². The second kappa shape index (κ2) is 4.04. The first-order valence-corrected chi connectivity index (χ1v) is 5.07. The Labute approximate surface area is 93.5 Å². The molecule has 0 aliphatic carbocycles. The molecule has 1 aromatic carbocycles. The molecule has 2 aromatic rings. The van der Waals surface area contributed by atoms with E-state index in [2.05, 4.69) is 5.10 Å². The highest BCUT2D eigenvalue weighted by Gasteiger charge is 2.05. The standard InChI is InChI=1S/C11H12ClN3/c1-15-11(4-5-14-15)8-2-3-10(12)9(6-8)7-13/h2-6H,7,13H2,1H3. The first-order valence-electron chi connectivity index (χ1n) is 4.69. The Bertz CT molecular complexity index is 476. The summed E-state index contributed by atoms with van der Waals surface area (Å²) < 4.78 is 1.82. The lowest BCUT2D eigenvalue weighted by molar-refractivity contribution is 0.775. The van der Waals surface area contributed by atoms with Gasteiger partial charge in [0.2, 0.25) is 0 Å². The predicted octanol–water partition coefficient (Wildman–Crippen LogP) is 2.20. The van der Waals surface area contributed by atoms with Gasteiger partial charge in [-0.2, -0.15) is 5.10 Å². The maximum Gasteiger partial charge on any atom is 0.0679 e. The van der Waals surface area contributed by atoms with E-state index in [1.54, 1.807) is 6.20 Å². The van der Waals surface area contributed by atoms with Crippen LogP contribution in [0.1, 0.15) is 5.56 Å². The molecule has 2 rings (SSSR count). The molecule has 0 unspecified atom stereocenters. The topological polar surface area (TPSA) is 43.8 Å². The molecule has 0 saturated carbocycles. The van der Waals surface area contributed by atoms with Crippen LogP contribution in [0.5, 0.6) is 0 Å². The molecule has 0 aliphatic rings. The molecule has 1 heterocycles. The molecule has 0 aliphatic heterocycles. The molecule has 15 heavy (non-hydrogen) atoms. The highest BCUT2D eigenvalue weighted by molar-refractivity contribution is 6.31. The number of halogens is 1. The largest absolute Gasteiger partial charge is 0.326 e. The zero-order chi connectivity index (χ0) is 10.8. The van der Waals surface area contributed by atoms with Crippen molar-refractivity contribution in [3.05, 3.63) is 41.0 Å². The number of aromatic nitrogens is 2. The third-order valence-electron chi connectivity index (χ3n) is 2.38. The van der Waals surface area contributed by atoms with Crippen LogP contribution in [0, 0.1) is 0 Å². The van der Waals surface area contributed by atoms with E-state index in [1.165, 1.54) is 0 Å². The fourth-order valence-electron chi connectivity index (χ4n) is 1.55. The summed E-state index contributed by atoms with van der Waals surface area (Å²) >= 11 is 6.00. The molecule has 0 spiro atoms. The van der Waals surface area contributed by atoms with Crippen LogP contribution in [0.25, 0.3) is 11.3 Å². The van der Waals surface area contributed by atoms with Gasteiger partial charge < -0.3 is 5.73 Å². The molecule has 1 aromatic heterocycles. The van der Waals surface area contributed by atoms with Gasteiger partial charge in [0.15, 0.2) is 0 Å². The average Bonchev–Trinajstić information content (AvgIpc) is 2.65. The first kappa shape index (κ1) is 10.2. The smallest absolute Gasteiger partial charge is 0.0679 e. The summed E-state index contributed by atoms with van der Waals surface area (Å²) in [7, 11) is 1.91. The maximum atomic E-state index is 6.00. The molecule has 0 fully saturated rings. The molecule has 2 N–H and O–H groups in total. The van der Waals surface area contributed by atoms with Gasteiger partial charge in [0, 0.05) is 30.4 Å². The van der Waals surface area contributed by atoms with Gasteiger partial charge in [-0.25, -0.2) is 0 Å². The van der Waals surface area contributed by atoms with Crippen LogP contribution in [0.4, 0.5) is 0 Å². The average molecular weight is 222 g/mol. The van der Waals surface area contributed by atoms with Crippen molar-refractivity contribution in [3.8, 4) is 11.3 Å². The highest BCUT2D eigenvalue weighted by Crippen LogP contribution is 2.24. The van der Waals surface area contributed by atoms with Crippen LogP contribution in [-0.2, 0) is 13.6 Å². The summed E-state index contributed by atoms with van der Waals surface area (Å²) in [4.78, 5) is 0. The van der Waals surface area contributed by atoms with Crippen molar-refractivity contribution in [2.75, 3.05) is 0 Å². The first-order chi connectivity index (χ1) is 7.22. The summed E-state index contributed by atoms with van der Waals surface area (Å²) in [5.74, 6) is 0. The van der Waals surface area contributed by atoms with Crippen LogP contribution in [0.2, 0.25) is 5.02 Å². The zero-order valence-corrected chi connectivity index (χ0v) is 9.20. The van der Waals surface area contributed by atoms with Gasteiger partial charge in [-0.1, -0.05) is 17.7 Å². The number of aryl methyl sites for hydroxylation is 1. The molecule has 3 nitrogen and oxygen atoms in total. The lowest BCUT2D eigenvalue weighted by Gasteiger charge is -2.06. The lowest BCUT2D eigenvalue weighted by atomic mass is 10.1. The minimum Gasteiger partial charge on any atom is -0.326 e. The Kier molecular flexibility index (Phi) is 2.75.